The number of thiophene rings is 1. The molecule has 2 heterocycles. The van der Waals surface area contributed by atoms with Crippen LogP contribution in [0.5, 0.6) is 0 Å². The normalized spacial score (nSPS) is 15.4. The maximum atomic E-state index is 9.11. The lowest BCUT2D eigenvalue weighted by Crippen LogP contribution is -1.99. The van der Waals surface area contributed by atoms with Crippen molar-refractivity contribution >= 4 is 11.3 Å². The van der Waals surface area contributed by atoms with Gasteiger partial charge >= 0.3 is 0 Å². The Kier molecular flexibility index (Phi) is 2.99. The van der Waals surface area contributed by atoms with E-state index in [0.29, 0.717) is 6.42 Å². The molecule has 0 unspecified atom stereocenters. The van der Waals surface area contributed by atoms with Gasteiger partial charge in [0.15, 0.2) is 0 Å². The van der Waals surface area contributed by atoms with Crippen molar-refractivity contribution < 1.29 is 5.11 Å². The Bertz CT molecular complexity index is 485. The first-order valence-corrected chi connectivity index (χ1v) is 6.96. The van der Waals surface area contributed by atoms with Crippen LogP contribution in [0.4, 0.5) is 0 Å². The van der Waals surface area contributed by atoms with E-state index in [-0.39, 0.29) is 6.61 Å². The molecular formula is C13H16N2OS. The molecule has 0 saturated heterocycles. The summed E-state index contributed by atoms with van der Waals surface area (Å²) in [5.41, 5.74) is 2.21. The average molecular weight is 248 g/mol. The molecule has 0 amide bonds. The molecule has 1 aliphatic carbocycles. The Morgan fingerprint density at radius 3 is 3.00 bits per heavy atom. The second-order valence-corrected chi connectivity index (χ2v) is 5.57. The predicted octanol–water partition coefficient (Wildman–Crippen LogP) is 2.56. The standard InChI is InChI=1S/C13H16N2OS/c16-6-5-11-9-15(8-10-3-4-10)14-13(11)12-2-1-7-17-12/h1-2,7,9-10,16H,3-6,8H2. The van der Waals surface area contributed by atoms with Crippen molar-refractivity contribution in [1.82, 2.24) is 9.78 Å². The molecule has 1 saturated carbocycles. The summed E-state index contributed by atoms with van der Waals surface area (Å²) < 4.78 is 2.05. The topological polar surface area (TPSA) is 38.0 Å². The zero-order valence-corrected chi connectivity index (χ0v) is 10.5. The number of aliphatic hydroxyl groups excluding tert-OH is 1. The minimum atomic E-state index is 0.188. The van der Waals surface area contributed by atoms with Crippen LogP contribution in [0.15, 0.2) is 23.7 Å². The monoisotopic (exact) mass is 248 g/mol. The summed E-state index contributed by atoms with van der Waals surface area (Å²) >= 11 is 1.71. The molecule has 0 aliphatic heterocycles. The van der Waals surface area contributed by atoms with E-state index in [4.69, 9.17) is 5.11 Å². The van der Waals surface area contributed by atoms with E-state index < -0.39 is 0 Å². The first-order chi connectivity index (χ1) is 8.36. The number of hydrogen-bond acceptors (Lipinski definition) is 3. The van der Waals surface area contributed by atoms with Gasteiger partial charge in [-0.25, -0.2) is 0 Å². The molecule has 1 aliphatic rings. The highest BCUT2D eigenvalue weighted by Gasteiger charge is 2.23. The maximum Gasteiger partial charge on any atom is 0.106 e. The van der Waals surface area contributed by atoms with Crippen molar-refractivity contribution in [3.05, 3.63) is 29.3 Å². The van der Waals surface area contributed by atoms with Gasteiger partial charge in [0.25, 0.3) is 0 Å². The Morgan fingerprint density at radius 2 is 2.35 bits per heavy atom. The van der Waals surface area contributed by atoms with E-state index in [1.807, 2.05) is 6.07 Å². The van der Waals surface area contributed by atoms with E-state index in [1.54, 1.807) is 11.3 Å². The minimum Gasteiger partial charge on any atom is -0.396 e. The lowest BCUT2D eigenvalue weighted by Gasteiger charge is -1.96. The molecule has 17 heavy (non-hydrogen) atoms. The average Bonchev–Trinajstić information content (AvgIpc) is 2.82. The molecule has 2 aromatic heterocycles. The van der Waals surface area contributed by atoms with Gasteiger partial charge in [-0.05, 0) is 36.6 Å². The van der Waals surface area contributed by atoms with Gasteiger partial charge in [0, 0.05) is 24.9 Å². The van der Waals surface area contributed by atoms with Crippen molar-refractivity contribution in [2.24, 2.45) is 5.92 Å². The molecule has 0 bridgehead atoms. The van der Waals surface area contributed by atoms with Crippen LogP contribution >= 0.6 is 11.3 Å². The number of rotatable bonds is 5. The van der Waals surface area contributed by atoms with Gasteiger partial charge in [-0.3, -0.25) is 4.68 Å². The summed E-state index contributed by atoms with van der Waals surface area (Å²) in [7, 11) is 0. The van der Waals surface area contributed by atoms with Crippen molar-refractivity contribution in [2.75, 3.05) is 6.61 Å². The van der Waals surface area contributed by atoms with Gasteiger partial charge in [-0.1, -0.05) is 6.07 Å². The number of aliphatic hydroxyl groups is 1. The summed E-state index contributed by atoms with van der Waals surface area (Å²) in [4.78, 5) is 1.20. The summed E-state index contributed by atoms with van der Waals surface area (Å²) in [5.74, 6) is 0.827. The minimum absolute atomic E-state index is 0.188. The molecule has 0 spiro atoms. The molecule has 3 nitrogen and oxygen atoms in total. The summed E-state index contributed by atoms with van der Waals surface area (Å²) in [5, 5.41) is 15.8. The van der Waals surface area contributed by atoms with Crippen LogP contribution < -0.4 is 0 Å². The Morgan fingerprint density at radius 1 is 1.47 bits per heavy atom. The first-order valence-electron chi connectivity index (χ1n) is 6.08. The molecule has 90 valence electrons. The molecule has 0 atom stereocenters. The van der Waals surface area contributed by atoms with Crippen LogP contribution in [0.3, 0.4) is 0 Å². The van der Waals surface area contributed by atoms with Gasteiger partial charge < -0.3 is 5.11 Å². The van der Waals surface area contributed by atoms with Crippen LogP contribution in [0.25, 0.3) is 10.6 Å². The van der Waals surface area contributed by atoms with Gasteiger partial charge in [0.05, 0.1) is 4.88 Å². The highest BCUT2D eigenvalue weighted by Crippen LogP contribution is 2.32. The Labute approximate surface area is 105 Å². The van der Waals surface area contributed by atoms with Crippen molar-refractivity contribution in [3.8, 4) is 10.6 Å². The van der Waals surface area contributed by atoms with E-state index in [9.17, 15) is 0 Å². The van der Waals surface area contributed by atoms with Crippen LogP contribution in [0.1, 0.15) is 18.4 Å². The third kappa shape index (κ3) is 2.42. The molecule has 3 rings (SSSR count). The van der Waals surface area contributed by atoms with E-state index in [1.165, 1.54) is 17.7 Å². The smallest absolute Gasteiger partial charge is 0.106 e. The maximum absolute atomic E-state index is 9.11. The van der Waals surface area contributed by atoms with Crippen molar-refractivity contribution in [3.63, 3.8) is 0 Å². The highest BCUT2D eigenvalue weighted by molar-refractivity contribution is 7.13. The molecule has 1 fully saturated rings. The molecule has 0 radical (unpaired) electrons. The third-order valence-electron chi connectivity index (χ3n) is 3.12. The molecule has 2 aromatic rings. The first kappa shape index (κ1) is 11.0. The van der Waals surface area contributed by atoms with Crippen molar-refractivity contribution in [1.29, 1.82) is 0 Å². The van der Waals surface area contributed by atoms with E-state index >= 15 is 0 Å². The number of aromatic nitrogens is 2. The van der Waals surface area contributed by atoms with Crippen LogP contribution in [0, 0.1) is 5.92 Å². The summed E-state index contributed by atoms with van der Waals surface area (Å²) in [6.45, 7) is 1.22. The van der Waals surface area contributed by atoms with Gasteiger partial charge in [0.1, 0.15) is 5.69 Å². The van der Waals surface area contributed by atoms with E-state index in [2.05, 4.69) is 27.4 Å². The molecular weight excluding hydrogens is 232 g/mol. The van der Waals surface area contributed by atoms with E-state index in [0.717, 1.165) is 23.7 Å². The van der Waals surface area contributed by atoms with Gasteiger partial charge in [-0.2, -0.15) is 5.10 Å². The molecule has 0 aromatic carbocycles. The lowest BCUT2D eigenvalue weighted by atomic mass is 10.2. The Balaban J connectivity index is 1.90. The molecule has 1 N–H and O–H groups in total. The molecule has 4 heteroatoms. The Hall–Kier alpha value is -1.13. The zero-order chi connectivity index (χ0) is 11.7. The van der Waals surface area contributed by atoms with Gasteiger partial charge in [0.2, 0.25) is 0 Å². The zero-order valence-electron chi connectivity index (χ0n) is 9.67. The second-order valence-electron chi connectivity index (χ2n) is 4.62. The SMILES string of the molecule is OCCc1cn(CC2CC2)nc1-c1cccs1. The van der Waals surface area contributed by atoms with Gasteiger partial charge in [-0.15, -0.1) is 11.3 Å². The quantitative estimate of drug-likeness (QED) is 0.883. The summed E-state index contributed by atoms with van der Waals surface area (Å²) in [6, 6.07) is 4.14. The summed E-state index contributed by atoms with van der Waals surface area (Å²) in [6.07, 6.45) is 5.47. The predicted molar refractivity (Wildman–Crippen MR) is 69.1 cm³/mol. The van der Waals surface area contributed by atoms with Crippen molar-refractivity contribution in [2.45, 2.75) is 25.8 Å². The fraction of sp³-hybridized carbons (Fsp3) is 0.462. The second kappa shape index (κ2) is 4.63. The number of hydrogen-bond donors (Lipinski definition) is 1. The highest BCUT2D eigenvalue weighted by atomic mass is 32.1. The fourth-order valence-corrected chi connectivity index (χ4v) is 2.79. The largest absolute Gasteiger partial charge is 0.396 e. The lowest BCUT2D eigenvalue weighted by molar-refractivity contribution is 0.299. The van der Waals surface area contributed by atoms with Crippen LogP contribution in [-0.2, 0) is 13.0 Å². The number of nitrogens with zero attached hydrogens (tertiary/aromatic N) is 2. The van der Waals surface area contributed by atoms with Crippen LogP contribution in [-0.4, -0.2) is 21.5 Å². The third-order valence-corrected chi connectivity index (χ3v) is 3.99. The fourth-order valence-electron chi connectivity index (χ4n) is 2.05. The van der Waals surface area contributed by atoms with Crippen LogP contribution in [0.2, 0.25) is 0 Å².